The second-order valence-electron chi connectivity index (χ2n) is 3.57. The lowest BCUT2D eigenvalue weighted by Gasteiger charge is -2.11. The summed E-state index contributed by atoms with van der Waals surface area (Å²) >= 11 is 5.39. The summed E-state index contributed by atoms with van der Waals surface area (Å²) in [6, 6.07) is 2.68. The fourth-order valence-corrected chi connectivity index (χ4v) is 1.55. The number of rotatable bonds is 3. The summed E-state index contributed by atoms with van der Waals surface area (Å²) in [6.45, 7) is 4.03. The Hall–Kier alpha value is -1.88. The molecule has 0 spiro atoms. The van der Waals surface area contributed by atoms with E-state index >= 15 is 0 Å². The van der Waals surface area contributed by atoms with Crippen molar-refractivity contribution in [1.82, 2.24) is 0 Å². The Morgan fingerprint density at radius 1 is 1.00 bits per heavy atom. The van der Waals surface area contributed by atoms with Crippen LogP contribution >= 0.6 is 11.6 Å². The molecule has 0 saturated heterocycles. The van der Waals surface area contributed by atoms with Gasteiger partial charge in [-0.25, -0.2) is 0 Å². The Labute approximate surface area is 109 Å². The molecule has 1 aromatic carbocycles. The number of esters is 2. The van der Waals surface area contributed by atoms with Crippen LogP contribution in [0.5, 0.6) is 11.5 Å². The number of carbonyl (C=O) groups is 3. The summed E-state index contributed by atoms with van der Waals surface area (Å²) < 4.78 is 9.76. The lowest BCUT2D eigenvalue weighted by atomic mass is 10.1. The molecule has 0 bridgehead atoms. The number of halogens is 1. The van der Waals surface area contributed by atoms with E-state index in [0.29, 0.717) is 5.56 Å². The maximum absolute atomic E-state index is 11.2. The predicted octanol–water partition coefficient (Wildman–Crippen LogP) is 2.22. The lowest BCUT2D eigenvalue weighted by molar-refractivity contribution is -0.134. The van der Waals surface area contributed by atoms with Gasteiger partial charge in [0.2, 0.25) is 0 Å². The first-order valence-electron chi connectivity index (χ1n) is 5.02. The molecule has 6 heteroatoms. The Morgan fingerprint density at radius 3 is 1.83 bits per heavy atom. The van der Waals surface area contributed by atoms with Gasteiger partial charge in [0, 0.05) is 19.4 Å². The topological polar surface area (TPSA) is 69.7 Å². The maximum Gasteiger partial charge on any atom is 0.308 e. The minimum absolute atomic E-state index is 0.0210. The van der Waals surface area contributed by atoms with Crippen molar-refractivity contribution in [3.63, 3.8) is 0 Å². The van der Waals surface area contributed by atoms with Crippen molar-refractivity contribution in [2.75, 3.05) is 0 Å². The Kier molecular flexibility index (Phi) is 4.44. The Bertz CT molecular complexity index is 521. The number of benzene rings is 1. The Morgan fingerprint density at radius 2 is 1.44 bits per heavy atom. The minimum Gasteiger partial charge on any atom is -0.423 e. The van der Waals surface area contributed by atoms with E-state index in [1.54, 1.807) is 6.92 Å². The van der Waals surface area contributed by atoms with Crippen LogP contribution in [0.3, 0.4) is 0 Å². The quantitative estimate of drug-likeness (QED) is 0.478. The van der Waals surface area contributed by atoms with Crippen LogP contribution in [0, 0.1) is 6.92 Å². The molecule has 0 aliphatic heterocycles. The zero-order valence-corrected chi connectivity index (χ0v) is 10.8. The maximum atomic E-state index is 11.2. The molecule has 18 heavy (non-hydrogen) atoms. The molecular weight excluding hydrogens is 260 g/mol. The van der Waals surface area contributed by atoms with Gasteiger partial charge in [0.25, 0.3) is 5.24 Å². The van der Waals surface area contributed by atoms with E-state index in [2.05, 4.69) is 0 Å². The van der Waals surface area contributed by atoms with Gasteiger partial charge in [0.05, 0.1) is 0 Å². The van der Waals surface area contributed by atoms with Crippen LogP contribution in [0.1, 0.15) is 29.8 Å². The summed E-state index contributed by atoms with van der Waals surface area (Å²) in [7, 11) is 0. The molecule has 0 aliphatic rings. The molecule has 0 N–H and O–H groups in total. The molecular formula is C12H11ClO5. The molecule has 0 radical (unpaired) electrons. The van der Waals surface area contributed by atoms with Crippen LogP contribution in [-0.4, -0.2) is 17.2 Å². The van der Waals surface area contributed by atoms with Crippen molar-refractivity contribution in [2.45, 2.75) is 20.8 Å². The third-order valence-corrected chi connectivity index (χ3v) is 2.21. The van der Waals surface area contributed by atoms with Crippen molar-refractivity contribution in [3.05, 3.63) is 23.3 Å². The SMILES string of the molecule is CC(=O)Oc1cc(C)c(C(=O)Cl)cc1OC(C)=O. The first kappa shape index (κ1) is 14.2. The van der Waals surface area contributed by atoms with Crippen LogP contribution in [0.2, 0.25) is 0 Å². The van der Waals surface area contributed by atoms with Crippen LogP contribution < -0.4 is 9.47 Å². The second kappa shape index (κ2) is 5.64. The van der Waals surface area contributed by atoms with Crippen molar-refractivity contribution < 1.29 is 23.9 Å². The third-order valence-electron chi connectivity index (χ3n) is 2.01. The summed E-state index contributed by atoms with van der Waals surface area (Å²) in [5.74, 6) is -1.11. The second-order valence-corrected chi connectivity index (χ2v) is 3.92. The van der Waals surface area contributed by atoms with Crippen LogP contribution in [-0.2, 0) is 9.59 Å². The average molecular weight is 271 g/mol. The standard InChI is InChI=1S/C12H11ClO5/c1-6-4-10(17-7(2)14)11(18-8(3)15)5-9(6)12(13)16/h4-5H,1-3H3. The molecule has 1 rings (SSSR count). The first-order chi connectivity index (χ1) is 8.31. The predicted molar refractivity (Wildman–Crippen MR) is 64.0 cm³/mol. The number of hydrogen-bond donors (Lipinski definition) is 0. The van der Waals surface area contributed by atoms with Gasteiger partial charge in [-0.1, -0.05) is 0 Å². The Balaban J connectivity index is 3.31. The lowest BCUT2D eigenvalue weighted by Crippen LogP contribution is -2.08. The molecule has 0 aliphatic carbocycles. The highest BCUT2D eigenvalue weighted by Crippen LogP contribution is 2.31. The number of ether oxygens (including phenoxy) is 2. The summed E-state index contributed by atoms with van der Waals surface area (Å²) in [6.07, 6.45) is 0. The normalized spacial score (nSPS) is 9.78. The molecule has 5 nitrogen and oxygen atoms in total. The smallest absolute Gasteiger partial charge is 0.308 e. The fraction of sp³-hybridized carbons (Fsp3) is 0.250. The van der Waals surface area contributed by atoms with E-state index in [-0.39, 0.29) is 17.1 Å². The van der Waals surface area contributed by atoms with E-state index in [1.165, 1.54) is 26.0 Å². The zero-order chi connectivity index (χ0) is 13.9. The molecule has 0 fully saturated rings. The number of carbonyl (C=O) groups excluding carboxylic acids is 3. The summed E-state index contributed by atoms with van der Waals surface area (Å²) in [4.78, 5) is 33.0. The van der Waals surface area contributed by atoms with Crippen molar-refractivity contribution in [3.8, 4) is 11.5 Å². The molecule has 0 atom stereocenters. The molecule has 0 aromatic heterocycles. The highest BCUT2D eigenvalue weighted by Gasteiger charge is 2.16. The fourth-order valence-electron chi connectivity index (χ4n) is 1.34. The molecule has 0 unspecified atom stereocenters. The van der Waals surface area contributed by atoms with Gasteiger partial charge in [0.15, 0.2) is 11.5 Å². The van der Waals surface area contributed by atoms with E-state index in [9.17, 15) is 14.4 Å². The van der Waals surface area contributed by atoms with E-state index in [4.69, 9.17) is 21.1 Å². The highest BCUT2D eigenvalue weighted by molar-refractivity contribution is 6.68. The molecule has 0 amide bonds. The summed E-state index contributed by atoms with van der Waals surface area (Å²) in [5, 5.41) is -0.685. The van der Waals surface area contributed by atoms with Crippen LogP contribution in [0.25, 0.3) is 0 Å². The van der Waals surface area contributed by atoms with Gasteiger partial charge in [-0.15, -0.1) is 0 Å². The first-order valence-corrected chi connectivity index (χ1v) is 5.40. The van der Waals surface area contributed by atoms with Gasteiger partial charge in [-0.2, -0.15) is 0 Å². The van der Waals surface area contributed by atoms with Gasteiger partial charge in [-0.05, 0) is 36.2 Å². The van der Waals surface area contributed by atoms with Crippen LogP contribution in [0.4, 0.5) is 0 Å². The van der Waals surface area contributed by atoms with E-state index in [1.807, 2.05) is 0 Å². The van der Waals surface area contributed by atoms with Gasteiger partial charge in [0.1, 0.15) is 0 Å². The van der Waals surface area contributed by atoms with Crippen molar-refractivity contribution in [2.24, 2.45) is 0 Å². The number of aryl methyl sites for hydroxylation is 1. The molecule has 0 saturated carbocycles. The third kappa shape index (κ3) is 3.56. The van der Waals surface area contributed by atoms with E-state index < -0.39 is 17.2 Å². The van der Waals surface area contributed by atoms with Crippen LogP contribution in [0.15, 0.2) is 12.1 Å². The molecule has 1 aromatic rings. The average Bonchev–Trinajstić information content (AvgIpc) is 2.19. The highest BCUT2D eigenvalue weighted by atomic mass is 35.5. The van der Waals surface area contributed by atoms with Gasteiger partial charge in [-0.3, -0.25) is 14.4 Å². The zero-order valence-electron chi connectivity index (χ0n) is 10.1. The van der Waals surface area contributed by atoms with Crippen molar-refractivity contribution >= 4 is 28.8 Å². The monoisotopic (exact) mass is 270 g/mol. The van der Waals surface area contributed by atoms with Gasteiger partial charge >= 0.3 is 11.9 Å². The molecule has 96 valence electrons. The molecule has 0 heterocycles. The number of hydrogen-bond acceptors (Lipinski definition) is 5. The summed E-state index contributed by atoms with van der Waals surface area (Å²) in [5.41, 5.74) is 0.700. The largest absolute Gasteiger partial charge is 0.423 e. The van der Waals surface area contributed by atoms with Crippen molar-refractivity contribution in [1.29, 1.82) is 0 Å². The minimum atomic E-state index is -0.685. The van der Waals surface area contributed by atoms with Gasteiger partial charge < -0.3 is 9.47 Å². The van der Waals surface area contributed by atoms with E-state index in [0.717, 1.165) is 0 Å².